The normalized spacial score (nSPS) is 11.2. The lowest BCUT2D eigenvalue weighted by atomic mass is 10.1. The van der Waals surface area contributed by atoms with Gasteiger partial charge < -0.3 is 5.32 Å². The van der Waals surface area contributed by atoms with Gasteiger partial charge in [-0.3, -0.25) is 10.1 Å². The molecule has 0 aliphatic heterocycles. The van der Waals surface area contributed by atoms with Crippen LogP contribution in [0.25, 0.3) is 10.6 Å². The summed E-state index contributed by atoms with van der Waals surface area (Å²) in [4.78, 5) is 24.2. The fourth-order valence-electron chi connectivity index (χ4n) is 2.69. The summed E-state index contributed by atoms with van der Waals surface area (Å²) in [6, 6.07) is 11.0. The number of halogens is 4. The van der Waals surface area contributed by atoms with Gasteiger partial charge in [0, 0.05) is 23.0 Å². The predicted molar refractivity (Wildman–Crippen MR) is 110 cm³/mol. The van der Waals surface area contributed by atoms with Crippen molar-refractivity contribution in [1.82, 2.24) is 19.3 Å². The van der Waals surface area contributed by atoms with E-state index >= 15 is 0 Å². The number of aromatic nitrogens is 4. The van der Waals surface area contributed by atoms with E-state index in [4.69, 9.17) is 0 Å². The van der Waals surface area contributed by atoms with Crippen molar-refractivity contribution in [2.75, 3.05) is 10.6 Å². The second-order valence-electron chi connectivity index (χ2n) is 6.34. The zero-order valence-corrected chi connectivity index (χ0v) is 16.7. The van der Waals surface area contributed by atoms with Crippen LogP contribution in [0.5, 0.6) is 0 Å². The minimum absolute atomic E-state index is 0.0895. The highest BCUT2D eigenvalue weighted by Crippen LogP contribution is 2.36. The zero-order chi connectivity index (χ0) is 22.7. The SMILES string of the molecule is O=C(Nc1nsc(-c2cccc(C(F)(F)F)c2F)n1)c1ccc(Nc2ccncn2)cc1. The van der Waals surface area contributed by atoms with Crippen molar-refractivity contribution in [3.05, 3.63) is 78.0 Å². The Bertz CT molecular complexity index is 1250. The number of hydrogen-bond acceptors (Lipinski definition) is 7. The van der Waals surface area contributed by atoms with Gasteiger partial charge >= 0.3 is 6.18 Å². The van der Waals surface area contributed by atoms with Crippen molar-refractivity contribution in [3.8, 4) is 10.6 Å². The molecule has 2 aromatic heterocycles. The first kappa shape index (κ1) is 21.3. The van der Waals surface area contributed by atoms with Gasteiger partial charge in [0.15, 0.2) is 0 Å². The summed E-state index contributed by atoms with van der Waals surface area (Å²) in [6.07, 6.45) is -1.86. The average Bonchev–Trinajstić information content (AvgIpc) is 3.22. The smallest absolute Gasteiger partial charge is 0.340 e. The predicted octanol–water partition coefficient (Wildman–Crippen LogP) is 5.15. The molecule has 0 spiro atoms. The molecule has 0 aliphatic carbocycles. The Morgan fingerprint density at radius 3 is 2.50 bits per heavy atom. The number of hydrogen-bond donors (Lipinski definition) is 2. The molecule has 0 aliphatic rings. The molecule has 1 amide bonds. The summed E-state index contributed by atoms with van der Waals surface area (Å²) in [5.74, 6) is -1.54. The number of anilines is 3. The van der Waals surface area contributed by atoms with E-state index < -0.39 is 23.5 Å². The molecule has 0 atom stereocenters. The van der Waals surface area contributed by atoms with Crippen molar-refractivity contribution in [3.63, 3.8) is 0 Å². The Kier molecular flexibility index (Phi) is 5.77. The largest absolute Gasteiger partial charge is 0.419 e. The maximum Gasteiger partial charge on any atom is 0.419 e. The van der Waals surface area contributed by atoms with E-state index in [1.807, 2.05) is 0 Å². The highest BCUT2D eigenvalue weighted by molar-refractivity contribution is 7.09. The van der Waals surface area contributed by atoms with Gasteiger partial charge in [-0.15, -0.1) is 0 Å². The van der Waals surface area contributed by atoms with E-state index in [0.717, 1.165) is 6.07 Å². The van der Waals surface area contributed by atoms with Gasteiger partial charge in [-0.1, -0.05) is 6.07 Å². The number of nitrogens with zero attached hydrogens (tertiary/aromatic N) is 4. The third-order valence-corrected chi connectivity index (χ3v) is 4.94. The quantitative estimate of drug-likeness (QED) is 0.400. The number of carbonyl (C=O) groups excluding carboxylic acids is 1. The van der Waals surface area contributed by atoms with E-state index in [1.165, 1.54) is 12.4 Å². The van der Waals surface area contributed by atoms with Crippen LogP contribution in [0.3, 0.4) is 0 Å². The van der Waals surface area contributed by atoms with Crippen molar-refractivity contribution < 1.29 is 22.4 Å². The Hall–Kier alpha value is -3.93. The Balaban J connectivity index is 1.46. The number of rotatable bonds is 5. The molecule has 2 N–H and O–H groups in total. The van der Waals surface area contributed by atoms with Gasteiger partial charge in [-0.25, -0.2) is 14.4 Å². The van der Waals surface area contributed by atoms with Gasteiger partial charge in [0.1, 0.15) is 23.0 Å². The third kappa shape index (κ3) is 4.70. The number of amides is 1. The lowest BCUT2D eigenvalue weighted by Gasteiger charge is -2.09. The lowest BCUT2D eigenvalue weighted by molar-refractivity contribution is -0.139. The first-order valence-corrected chi connectivity index (χ1v) is 9.73. The molecule has 0 fully saturated rings. The molecule has 2 aromatic carbocycles. The number of carbonyl (C=O) groups is 1. The van der Waals surface area contributed by atoms with Crippen LogP contribution in [0.2, 0.25) is 0 Å². The molecule has 4 rings (SSSR count). The molecule has 0 saturated heterocycles. The summed E-state index contributed by atoms with van der Waals surface area (Å²) < 4.78 is 57.0. The van der Waals surface area contributed by atoms with Crippen LogP contribution in [-0.2, 0) is 6.18 Å². The first-order chi connectivity index (χ1) is 15.3. The Morgan fingerprint density at radius 2 is 1.81 bits per heavy atom. The molecular weight excluding hydrogens is 448 g/mol. The topological polar surface area (TPSA) is 92.7 Å². The highest BCUT2D eigenvalue weighted by Gasteiger charge is 2.35. The number of benzene rings is 2. The van der Waals surface area contributed by atoms with Crippen molar-refractivity contribution in [2.24, 2.45) is 0 Å². The maximum atomic E-state index is 14.3. The molecule has 32 heavy (non-hydrogen) atoms. The summed E-state index contributed by atoms with van der Waals surface area (Å²) in [5, 5.41) is 5.40. The molecule has 12 heteroatoms. The van der Waals surface area contributed by atoms with Crippen LogP contribution in [0.1, 0.15) is 15.9 Å². The summed E-state index contributed by atoms with van der Waals surface area (Å²) in [5.41, 5.74) is -0.765. The van der Waals surface area contributed by atoms with Gasteiger partial charge in [-0.05, 0) is 54.0 Å². The van der Waals surface area contributed by atoms with Gasteiger partial charge in [0.2, 0.25) is 5.95 Å². The first-order valence-electron chi connectivity index (χ1n) is 8.95. The minimum Gasteiger partial charge on any atom is -0.340 e. The van der Waals surface area contributed by atoms with Crippen LogP contribution >= 0.6 is 11.5 Å². The monoisotopic (exact) mass is 460 g/mol. The summed E-state index contributed by atoms with van der Waals surface area (Å²) >= 11 is 0.672. The zero-order valence-electron chi connectivity index (χ0n) is 15.9. The fraction of sp³-hybridized carbons (Fsp3) is 0.0500. The lowest BCUT2D eigenvalue weighted by Crippen LogP contribution is -2.13. The summed E-state index contributed by atoms with van der Waals surface area (Å²) in [7, 11) is 0. The van der Waals surface area contributed by atoms with Crippen LogP contribution in [0.4, 0.5) is 35.0 Å². The highest BCUT2D eigenvalue weighted by atomic mass is 32.1. The molecule has 0 radical (unpaired) electrons. The van der Waals surface area contributed by atoms with E-state index in [9.17, 15) is 22.4 Å². The molecule has 7 nitrogen and oxygen atoms in total. The van der Waals surface area contributed by atoms with Crippen molar-refractivity contribution in [1.29, 1.82) is 0 Å². The molecule has 0 unspecified atom stereocenters. The van der Waals surface area contributed by atoms with Crippen molar-refractivity contribution >= 4 is 34.9 Å². The number of alkyl halides is 3. The van der Waals surface area contributed by atoms with Crippen molar-refractivity contribution in [2.45, 2.75) is 6.18 Å². The third-order valence-electron chi connectivity index (χ3n) is 4.19. The molecule has 2 heterocycles. The van der Waals surface area contributed by atoms with E-state index in [-0.39, 0.29) is 16.5 Å². The molecular formula is C20H12F4N6OS. The van der Waals surface area contributed by atoms with Crippen LogP contribution in [0, 0.1) is 5.82 Å². The standard InChI is InChI=1S/C20H12F4N6OS/c21-16-13(2-1-3-14(16)20(22,23)24)18-29-19(30-32-18)28-17(31)11-4-6-12(7-5-11)27-15-8-9-25-10-26-15/h1-10H,(H,25,26,27)(H,28,30,31). The molecule has 0 saturated carbocycles. The second kappa shape index (κ2) is 8.67. The average molecular weight is 460 g/mol. The maximum absolute atomic E-state index is 14.3. The number of nitrogens with one attached hydrogen (secondary N) is 2. The van der Waals surface area contributed by atoms with Crippen LogP contribution < -0.4 is 10.6 Å². The Labute approximate surface area is 182 Å². The summed E-state index contributed by atoms with van der Waals surface area (Å²) in [6.45, 7) is 0. The second-order valence-corrected chi connectivity index (χ2v) is 7.09. The van der Waals surface area contributed by atoms with Gasteiger partial charge in [0.25, 0.3) is 5.91 Å². The van der Waals surface area contributed by atoms with Gasteiger partial charge in [0.05, 0.1) is 5.56 Å². The molecule has 0 bridgehead atoms. The Morgan fingerprint density at radius 1 is 1.03 bits per heavy atom. The van der Waals surface area contributed by atoms with Crippen LogP contribution in [0.15, 0.2) is 61.1 Å². The van der Waals surface area contributed by atoms with E-state index in [1.54, 1.807) is 36.5 Å². The molecule has 4 aromatic rings. The van der Waals surface area contributed by atoms with Gasteiger partial charge in [-0.2, -0.15) is 22.5 Å². The fourth-order valence-corrected chi connectivity index (χ4v) is 3.33. The van der Waals surface area contributed by atoms with E-state index in [2.05, 4.69) is 30.0 Å². The van der Waals surface area contributed by atoms with Crippen LogP contribution in [-0.4, -0.2) is 25.2 Å². The molecule has 162 valence electrons. The minimum atomic E-state index is -4.84. The van der Waals surface area contributed by atoms with E-state index in [0.29, 0.717) is 34.7 Å².